The highest BCUT2D eigenvalue weighted by atomic mass is 32.1. The van der Waals surface area contributed by atoms with Gasteiger partial charge in [0.15, 0.2) is 0 Å². The first-order chi connectivity index (χ1) is 9.24. The monoisotopic (exact) mass is 280 g/mol. The number of piperidine rings is 1. The molecule has 1 aliphatic rings. The minimum Gasteiger partial charge on any atom is -0.339 e. The van der Waals surface area contributed by atoms with E-state index in [9.17, 15) is 4.79 Å². The van der Waals surface area contributed by atoms with E-state index in [0.717, 1.165) is 38.9 Å². The van der Waals surface area contributed by atoms with Gasteiger partial charge in [-0.05, 0) is 50.7 Å². The fraction of sp³-hybridized carbons (Fsp3) is 0.667. The van der Waals surface area contributed by atoms with Crippen LogP contribution < -0.4 is 5.32 Å². The molecule has 0 radical (unpaired) electrons. The summed E-state index contributed by atoms with van der Waals surface area (Å²) >= 11 is 1.68. The van der Waals surface area contributed by atoms with Crippen LogP contribution in [-0.4, -0.2) is 36.5 Å². The summed E-state index contributed by atoms with van der Waals surface area (Å²) in [7, 11) is 0. The van der Waals surface area contributed by atoms with Gasteiger partial charge in [-0.15, -0.1) is 11.3 Å². The Hall–Kier alpha value is -0.870. The van der Waals surface area contributed by atoms with Gasteiger partial charge in [-0.3, -0.25) is 4.79 Å². The van der Waals surface area contributed by atoms with Crippen LogP contribution in [-0.2, 0) is 4.79 Å². The molecule has 0 bridgehead atoms. The third-order valence-electron chi connectivity index (χ3n) is 3.84. The van der Waals surface area contributed by atoms with Gasteiger partial charge in [0.1, 0.15) is 0 Å². The Balaban J connectivity index is 2.06. The Labute approximate surface area is 120 Å². The van der Waals surface area contributed by atoms with Crippen LogP contribution >= 0.6 is 11.3 Å². The van der Waals surface area contributed by atoms with Crippen LogP contribution in [0.4, 0.5) is 0 Å². The van der Waals surface area contributed by atoms with Gasteiger partial charge in [-0.25, -0.2) is 0 Å². The van der Waals surface area contributed by atoms with E-state index in [1.807, 2.05) is 18.4 Å². The fourth-order valence-electron chi connectivity index (χ4n) is 2.74. The molecule has 1 atom stereocenters. The van der Waals surface area contributed by atoms with Gasteiger partial charge in [0.25, 0.3) is 0 Å². The summed E-state index contributed by atoms with van der Waals surface area (Å²) in [6.07, 6.45) is 3.21. The first kappa shape index (κ1) is 14.5. The van der Waals surface area contributed by atoms with Crippen molar-refractivity contribution in [3.63, 3.8) is 0 Å². The Bertz CT molecular complexity index is 385. The lowest BCUT2D eigenvalue weighted by Gasteiger charge is -2.36. The molecule has 1 amide bonds. The molecule has 19 heavy (non-hydrogen) atoms. The molecule has 1 N–H and O–H groups in total. The van der Waals surface area contributed by atoms with Gasteiger partial charge in [0, 0.05) is 17.5 Å². The van der Waals surface area contributed by atoms with Crippen molar-refractivity contribution in [2.75, 3.05) is 19.6 Å². The highest BCUT2D eigenvalue weighted by Crippen LogP contribution is 2.25. The zero-order valence-corrected chi connectivity index (χ0v) is 12.7. The molecule has 0 aliphatic carbocycles. The average Bonchev–Trinajstić information content (AvgIpc) is 2.98. The molecule has 1 unspecified atom stereocenters. The number of rotatable bonds is 5. The third kappa shape index (κ3) is 3.57. The van der Waals surface area contributed by atoms with Gasteiger partial charge in [-0.2, -0.15) is 0 Å². The van der Waals surface area contributed by atoms with Crippen LogP contribution in [0.15, 0.2) is 17.5 Å². The van der Waals surface area contributed by atoms with Crippen molar-refractivity contribution in [2.24, 2.45) is 0 Å². The number of thiophene rings is 1. The lowest BCUT2D eigenvalue weighted by Crippen LogP contribution is -2.47. The molecule has 4 heteroatoms. The molecular weight excluding hydrogens is 256 g/mol. The topological polar surface area (TPSA) is 32.3 Å². The molecule has 1 aromatic rings. The van der Waals surface area contributed by atoms with E-state index in [2.05, 4.69) is 23.2 Å². The normalized spacial score (nSPS) is 18.2. The maximum Gasteiger partial charge on any atom is 0.230 e. The third-order valence-corrected chi connectivity index (χ3v) is 4.89. The largest absolute Gasteiger partial charge is 0.339 e. The first-order valence-corrected chi connectivity index (χ1v) is 8.16. The van der Waals surface area contributed by atoms with Crippen LogP contribution in [0.3, 0.4) is 0 Å². The van der Waals surface area contributed by atoms with Crippen molar-refractivity contribution in [1.82, 2.24) is 10.2 Å². The lowest BCUT2D eigenvalue weighted by molar-refractivity contribution is -0.135. The fourth-order valence-corrected chi connectivity index (χ4v) is 3.52. The minimum atomic E-state index is 0.00133. The quantitative estimate of drug-likeness (QED) is 0.899. The summed E-state index contributed by atoms with van der Waals surface area (Å²) in [5.74, 6) is 0.303. The molecule has 3 nitrogen and oxygen atoms in total. The number of hydrogen-bond acceptors (Lipinski definition) is 3. The van der Waals surface area contributed by atoms with Gasteiger partial charge >= 0.3 is 0 Å². The van der Waals surface area contributed by atoms with Crippen molar-refractivity contribution < 1.29 is 4.79 Å². The van der Waals surface area contributed by atoms with Gasteiger partial charge in [0.2, 0.25) is 5.91 Å². The summed E-state index contributed by atoms with van der Waals surface area (Å²) in [4.78, 5) is 16.1. The molecule has 0 spiro atoms. The maximum absolute atomic E-state index is 12.7. The van der Waals surface area contributed by atoms with Gasteiger partial charge in [-0.1, -0.05) is 13.0 Å². The zero-order chi connectivity index (χ0) is 13.7. The van der Waals surface area contributed by atoms with Crippen molar-refractivity contribution in [1.29, 1.82) is 0 Å². The van der Waals surface area contributed by atoms with E-state index < -0.39 is 0 Å². The van der Waals surface area contributed by atoms with E-state index in [1.54, 1.807) is 11.3 Å². The highest BCUT2D eigenvalue weighted by Gasteiger charge is 2.28. The van der Waals surface area contributed by atoms with Gasteiger partial charge < -0.3 is 10.2 Å². The van der Waals surface area contributed by atoms with E-state index in [4.69, 9.17) is 0 Å². The van der Waals surface area contributed by atoms with E-state index in [-0.39, 0.29) is 5.92 Å². The number of nitrogens with one attached hydrogen (secondary N) is 1. The predicted octanol–water partition coefficient (Wildman–Crippen LogP) is 2.84. The second-order valence-electron chi connectivity index (χ2n) is 5.25. The summed E-state index contributed by atoms with van der Waals surface area (Å²) < 4.78 is 0. The second-order valence-corrected chi connectivity index (χ2v) is 6.23. The smallest absolute Gasteiger partial charge is 0.230 e. The average molecular weight is 280 g/mol. The molecule has 0 aromatic carbocycles. The molecule has 2 heterocycles. The van der Waals surface area contributed by atoms with Crippen LogP contribution in [0, 0.1) is 0 Å². The lowest BCUT2D eigenvalue weighted by atomic mass is 10.0. The van der Waals surface area contributed by atoms with E-state index >= 15 is 0 Å². The Kier molecular flexibility index (Phi) is 5.40. The molecule has 106 valence electrons. The Morgan fingerprint density at radius 1 is 1.53 bits per heavy atom. The summed E-state index contributed by atoms with van der Waals surface area (Å²) in [6.45, 7) is 7.14. The molecule has 1 aromatic heterocycles. The first-order valence-electron chi connectivity index (χ1n) is 7.28. The molecule has 1 aliphatic heterocycles. The highest BCUT2D eigenvalue weighted by molar-refractivity contribution is 7.10. The molecule has 0 saturated carbocycles. The number of hydrogen-bond donors (Lipinski definition) is 1. The Morgan fingerprint density at radius 2 is 2.26 bits per heavy atom. The summed E-state index contributed by atoms with van der Waals surface area (Å²) in [5.41, 5.74) is 0. The van der Waals surface area contributed by atoms with E-state index in [0.29, 0.717) is 11.9 Å². The van der Waals surface area contributed by atoms with Crippen LogP contribution in [0.25, 0.3) is 0 Å². The van der Waals surface area contributed by atoms with Crippen LogP contribution in [0.5, 0.6) is 0 Å². The van der Waals surface area contributed by atoms with Crippen molar-refractivity contribution in [2.45, 2.75) is 45.1 Å². The molecule has 1 saturated heterocycles. The number of carbonyl (C=O) groups excluding carboxylic acids is 1. The standard InChI is InChI=1S/C15H24N2OS/c1-3-10-17(13-6-8-16-9-7-13)15(18)12(2)14-5-4-11-19-14/h4-5,11-13,16H,3,6-10H2,1-2H3. The molecular formula is C15H24N2OS. The van der Waals surface area contributed by atoms with Crippen LogP contribution in [0.2, 0.25) is 0 Å². The van der Waals surface area contributed by atoms with Crippen molar-refractivity contribution >= 4 is 17.2 Å². The van der Waals surface area contributed by atoms with Crippen molar-refractivity contribution in [3.8, 4) is 0 Å². The minimum absolute atomic E-state index is 0.00133. The van der Waals surface area contributed by atoms with Crippen LogP contribution in [0.1, 0.15) is 43.9 Å². The molecule has 2 rings (SSSR count). The SMILES string of the molecule is CCCN(C(=O)C(C)c1cccs1)C1CCNCC1. The van der Waals surface area contributed by atoms with Gasteiger partial charge in [0.05, 0.1) is 5.92 Å². The summed E-state index contributed by atoms with van der Waals surface area (Å²) in [6, 6.07) is 4.52. The second kappa shape index (κ2) is 7.06. The van der Waals surface area contributed by atoms with Crippen molar-refractivity contribution in [3.05, 3.63) is 22.4 Å². The van der Waals surface area contributed by atoms with E-state index in [1.165, 1.54) is 4.88 Å². The Morgan fingerprint density at radius 3 is 2.84 bits per heavy atom. The predicted molar refractivity (Wildman–Crippen MR) is 80.6 cm³/mol. The zero-order valence-electron chi connectivity index (χ0n) is 11.9. The summed E-state index contributed by atoms with van der Waals surface area (Å²) in [5, 5.41) is 5.42. The number of nitrogens with zero attached hydrogens (tertiary/aromatic N) is 1. The maximum atomic E-state index is 12.7. The molecule has 1 fully saturated rings. The number of amides is 1. The number of carbonyl (C=O) groups is 1.